The molecule has 0 bridgehead atoms. The van der Waals surface area contributed by atoms with Crippen LogP contribution in [0.1, 0.15) is 23.4 Å². The van der Waals surface area contributed by atoms with Gasteiger partial charge in [-0.1, -0.05) is 37.3 Å². The molecule has 1 saturated heterocycles. The van der Waals surface area contributed by atoms with Gasteiger partial charge in [-0.15, -0.1) is 11.8 Å². The van der Waals surface area contributed by atoms with Crippen molar-refractivity contribution in [3.8, 4) is 5.75 Å². The van der Waals surface area contributed by atoms with Gasteiger partial charge in [0.15, 0.2) is 0 Å². The van der Waals surface area contributed by atoms with Crippen LogP contribution in [0.4, 0.5) is 5.69 Å². The summed E-state index contributed by atoms with van der Waals surface area (Å²) in [6, 6.07) is 20.8. The minimum Gasteiger partial charge on any atom is -0.497 e. The summed E-state index contributed by atoms with van der Waals surface area (Å²) in [5.41, 5.74) is 3.40. The minimum atomic E-state index is 0.0153. The highest BCUT2D eigenvalue weighted by atomic mass is 32.2. The molecule has 3 nitrogen and oxygen atoms in total. The largest absolute Gasteiger partial charge is 0.497 e. The van der Waals surface area contributed by atoms with E-state index in [-0.39, 0.29) is 11.3 Å². The monoisotopic (exact) mass is 363 g/mol. The van der Waals surface area contributed by atoms with Crippen molar-refractivity contribution in [2.45, 2.75) is 18.7 Å². The molecular formula is C22H21NO2S. The normalized spacial score (nSPS) is 17.1. The van der Waals surface area contributed by atoms with Crippen LogP contribution in [-0.2, 0) is 11.2 Å². The standard InChI is InChI=1S/C22H21NO2S/c1-3-15-4-9-19(10-5-15)23-21(24)14-26-22(23)18-7-6-17-13-20(25-2)11-8-16(17)12-18/h4-13,22H,3,14H2,1-2H3. The minimum absolute atomic E-state index is 0.0153. The summed E-state index contributed by atoms with van der Waals surface area (Å²) in [6.07, 6.45) is 1.00. The van der Waals surface area contributed by atoms with E-state index in [1.807, 2.05) is 17.0 Å². The smallest absolute Gasteiger partial charge is 0.238 e. The van der Waals surface area contributed by atoms with Crippen molar-refractivity contribution in [1.82, 2.24) is 0 Å². The van der Waals surface area contributed by atoms with Gasteiger partial charge in [0.2, 0.25) is 5.91 Å². The Balaban J connectivity index is 1.70. The van der Waals surface area contributed by atoms with E-state index in [0.29, 0.717) is 5.75 Å². The Morgan fingerprint density at radius 1 is 1.04 bits per heavy atom. The molecule has 0 aliphatic carbocycles. The molecule has 1 aliphatic heterocycles. The molecule has 1 heterocycles. The molecule has 3 aromatic carbocycles. The van der Waals surface area contributed by atoms with E-state index in [4.69, 9.17) is 4.74 Å². The zero-order valence-electron chi connectivity index (χ0n) is 14.9. The lowest BCUT2D eigenvalue weighted by Gasteiger charge is -2.25. The van der Waals surface area contributed by atoms with E-state index >= 15 is 0 Å². The third-order valence-electron chi connectivity index (χ3n) is 4.85. The number of fused-ring (bicyclic) bond motifs is 1. The molecule has 4 rings (SSSR count). The summed E-state index contributed by atoms with van der Waals surface area (Å²) in [4.78, 5) is 14.5. The van der Waals surface area contributed by atoms with Gasteiger partial charge in [0.1, 0.15) is 11.1 Å². The van der Waals surface area contributed by atoms with Crippen LogP contribution < -0.4 is 9.64 Å². The molecule has 1 fully saturated rings. The number of hydrogen-bond donors (Lipinski definition) is 0. The summed E-state index contributed by atoms with van der Waals surface area (Å²) in [5, 5.41) is 2.31. The number of amides is 1. The number of thioether (sulfide) groups is 1. The SMILES string of the molecule is CCc1ccc(N2C(=O)CSC2c2ccc3cc(OC)ccc3c2)cc1. The topological polar surface area (TPSA) is 29.5 Å². The molecule has 132 valence electrons. The molecule has 1 aliphatic rings. The molecule has 1 amide bonds. The van der Waals surface area contributed by atoms with E-state index in [0.717, 1.165) is 34.2 Å². The van der Waals surface area contributed by atoms with Crippen molar-refractivity contribution in [2.75, 3.05) is 17.8 Å². The average Bonchev–Trinajstić information content (AvgIpc) is 3.08. The van der Waals surface area contributed by atoms with Gasteiger partial charge >= 0.3 is 0 Å². The molecule has 0 radical (unpaired) electrons. The molecule has 0 aromatic heterocycles. The second-order valence-electron chi connectivity index (χ2n) is 6.42. The molecule has 4 heteroatoms. The first kappa shape index (κ1) is 17.0. The van der Waals surface area contributed by atoms with E-state index in [1.165, 1.54) is 5.56 Å². The van der Waals surface area contributed by atoms with Crippen LogP contribution in [0.3, 0.4) is 0 Å². The number of carbonyl (C=O) groups is 1. The molecule has 1 atom stereocenters. The van der Waals surface area contributed by atoms with Gasteiger partial charge in [-0.3, -0.25) is 9.69 Å². The van der Waals surface area contributed by atoms with E-state index in [9.17, 15) is 4.79 Å². The number of benzene rings is 3. The number of ether oxygens (including phenoxy) is 1. The van der Waals surface area contributed by atoms with Gasteiger partial charge in [0.05, 0.1) is 12.9 Å². The number of anilines is 1. The summed E-state index contributed by atoms with van der Waals surface area (Å²) in [6.45, 7) is 2.14. The zero-order chi connectivity index (χ0) is 18.1. The first-order chi connectivity index (χ1) is 12.7. The highest BCUT2D eigenvalue weighted by Crippen LogP contribution is 2.42. The Hall–Kier alpha value is -2.46. The highest BCUT2D eigenvalue weighted by Gasteiger charge is 2.34. The lowest BCUT2D eigenvalue weighted by Crippen LogP contribution is -2.27. The number of methoxy groups -OCH3 is 1. The van der Waals surface area contributed by atoms with Crippen LogP contribution in [0, 0.1) is 0 Å². The lowest BCUT2D eigenvalue weighted by molar-refractivity contribution is -0.115. The van der Waals surface area contributed by atoms with Crippen molar-refractivity contribution < 1.29 is 9.53 Å². The van der Waals surface area contributed by atoms with Crippen molar-refractivity contribution in [2.24, 2.45) is 0 Å². The van der Waals surface area contributed by atoms with Gasteiger partial charge in [-0.05, 0) is 58.7 Å². The predicted octanol–water partition coefficient (Wildman–Crippen LogP) is 5.19. The third-order valence-corrected chi connectivity index (χ3v) is 6.06. The van der Waals surface area contributed by atoms with E-state index < -0.39 is 0 Å². The fraction of sp³-hybridized carbons (Fsp3) is 0.227. The number of nitrogens with zero attached hydrogens (tertiary/aromatic N) is 1. The van der Waals surface area contributed by atoms with Gasteiger partial charge in [0, 0.05) is 5.69 Å². The number of hydrogen-bond acceptors (Lipinski definition) is 3. The van der Waals surface area contributed by atoms with Crippen LogP contribution in [0.25, 0.3) is 10.8 Å². The fourth-order valence-corrected chi connectivity index (χ4v) is 4.53. The fourth-order valence-electron chi connectivity index (χ4n) is 3.36. The molecule has 0 spiro atoms. The number of aryl methyl sites for hydroxylation is 1. The summed E-state index contributed by atoms with van der Waals surface area (Å²) < 4.78 is 5.30. The maximum atomic E-state index is 12.5. The second-order valence-corrected chi connectivity index (χ2v) is 7.49. The van der Waals surface area contributed by atoms with Crippen LogP contribution in [0.15, 0.2) is 60.7 Å². The summed E-state index contributed by atoms with van der Waals surface area (Å²) in [5.74, 6) is 1.54. The maximum Gasteiger partial charge on any atom is 0.238 e. The first-order valence-corrected chi connectivity index (χ1v) is 9.85. The molecule has 1 unspecified atom stereocenters. The van der Waals surface area contributed by atoms with E-state index in [2.05, 4.69) is 55.5 Å². The second kappa shape index (κ2) is 7.04. The van der Waals surface area contributed by atoms with Crippen molar-refractivity contribution in [3.05, 3.63) is 71.8 Å². The van der Waals surface area contributed by atoms with Crippen molar-refractivity contribution in [3.63, 3.8) is 0 Å². The zero-order valence-corrected chi connectivity index (χ0v) is 15.8. The summed E-state index contributed by atoms with van der Waals surface area (Å²) in [7, 11) is 1.68. The van der Waals surface area contributed by atoms with Crippen LogP contribution in [0.2, 0.25) is 0 Å². The molecular weight excluding hydrogens is 342 g/mol. The number of rotatable bonds is 4. The van der Waals surface area contributed by atoms with Crippen molar-refractivity contribution >= 4 is 34.1 Å². The highest BCUT2D eigenvalue weighted by molar-refractivity contribution is 8.00. The lowest BCUT2D eigenvalue weighted by atomic mass is 10.1. The molecule has 26 heavy (non-hydrogen) atoms. The van der Waals surface area contributed by atoms with Gasteiger partial charge in [-0.2, -0.15) is 0 Å². The molecule has 0 saturated carbocycles. The van der Waals surface area contributed by atoms with Crippen LogP contribution >= 0.6 is 11.8 Å². The van der Waals surface area contributed by atoms with E-state index in [1.54, 1.807) is 18.9 Å². The first-order valence-electron chi connectivity index (χ1n) is 8.80. The predicted molar refractivity (Wildman–Crippen MR) is 109 cm³/mol. The van der Waals surface area contributed by atoms with Gasteiger partial charge in [0.25, 0.3) is 0 Å². The Morgan fingerprint density at radius 3 is 2.50 bits per heavy atom. The van der Waals surface area contributed by atoms with Gasteiger partial charge < -0.3 is 4.74 Å². The Kier molecular flexibility index (Phi) is 4.60. The van der Waals surface area contributed by atoms with Crippen LogP contribution in [0.5, 0.6) is 5.75 Å². The third kappa shape index (κ3) is 3.06. The Bertz CT molecular complexity index is 952. The Morgan fingerprint density at radius 2 is 1.77 bits per heavy atom. The number of carbonyl (C=O) groups excluding carboxylic acids is 1. The molecule has 0 N–H and O–H groups in total. The maximum absolute atomic E-state index is 12.5. The molecule has 3 aromatic rings. The quantitative estimate of drug-likeness (QED) is 0.639. The average molecular weight is 363 g/mol. The van der Waals surface area contributed by atoms with Crippen LogP contribution in [-0.4, -0.2) is 18.8 Å². The summed E-state index contributed by atoms with van der Waals surface area (Å²) >= 11 is 1.68. The van der Waals surface area contributed by atoms with Crippen molar-refractivity contribution in [1.29, 1.82) is 0 Å². The Labute approximate surface area is 158 Å². The van der Waals surface area contributed by atoms with Gasteiger partial charge in [-0.25, -0.2) is 0 Å².